The van der Waals surface area contributed by atoms with Crippen LogP contribution in [0.15, 0.2) is 53.6 Å². The van der Waals surface area contributed by atoms with Gasteiger partial charge in [0.15, 0.2) is 0 Å². The summed E-state index contributed by atoms with van der Waals surface area (Å²) in [4.78, 5) is 12.3. The number of hydrogen-bond acceptors (Lipinski definition) is 3. The summed E-state index contributed by atoms with van der Waals surface area (Å²) in [6.07, 6.45) is 0. The van der Waals surface area contributed by atoms with Crippen molar-refractivity contribution in [2.45, 2.75) is 6.92 Å². The van der Waals surface area contributed by atoms with Gasteiger partial charge < -0.3 is 5.32 Å². The highest BCUT2D eigenvalue weighted by Crippen LogP contribution is 2.21. The van der Waals surface area contributed by atoms with Gasteiger partial charge >= 0.3 is 0 Å². The number of anilines is 1. The number of amides is 1. The summed E-state index contributed by atoms with van der Waals surface area (Å²) >= 11 is 6.05. The number of carbonyl (C=O) groups is 1. The predicted molar refractivity (Wildman–Crippen MR) is 91.7 cm³/mol. The van der Waals surface area contributed by atoms with E-state index in [1.54, 1.807) is 19.2 Å². The van der Waals surface area contributed by atoms with Crippen molar-refractivity contribution in [3.8, 4) is 0 Å². The highest BCUT2D eigenvalue weighted by Gasteiger charge is 2.12. The number of halogens is 1. The van der Waals surface area contributed by atoms with Crippen molar-refractivity contribution in [3.05, 3.63) is 64.7 Å². The number of carbonyl (C=O) groups excluding carboxylic acids is 1. The lowest BCUT2D eigenvalue weighted by atomic mass is 10.1. The van der Waals surface area contributed by atoms with Crippen LogP contribution in [0.1, 0.15) is 22.8 Å². The number of nitrogens with zero attached hydrogens (tertiary/aromatic N) is 2. The fourth-order valence-corrected chi connectivity index (χ4v) is 2.30. The van der Waals surface area contributed by atoms with Crippen LogP contribution in [0.25, 0.3) is 0 Å². The Balaban J connectivity index is 2.29. The largest absolute Gasteiger partial charge is 0.388 e. The zero-order chi connectivity index (χ0) is 16.1. The van der Waals surface area contributed by atoms with Crippen LogP contribution in [-0.4, -0.2) is 30.7 Å². The molecule has 0 saturated carbocycles. The van der Waals surface area contributed by atoms with Crippen LogP contribution in [0.4, 0.5) is 5.69 Å². The molecule has 0 radical (unpaired) electrons. The molecule has 0 aliphatic rings. The Kier molecular flexibility index (Phi) is 5.17. The van der Waals surface area contributed by atoms with Crippen LogP contribution in [-0.2, 0) is 0 Å². The smallest absolute Gasteiger partial charge is 0.273 e. The Morgan fingerprint density at radius 3 is 2.50 bits per heavy atom. The van der Waals surface area contributed by atoms with Gasteiger partial charge in [0.1, 0.15) is 0 Å². The number of hydrazone groups is 1. The molecule has 0 bridgehead atoms. The zero-order valence-corrected chi connectivity index (χ0v) is 13.6. The number of hydrogen-bond donors (Lipinski definition) is 1. The van der Waals surface area contributed by atoms with Crippen LogP contribution < -0.4 is 5.32 Å². The third kappa shape index (κ3) is 3.65. The molecule has 2 aromatic rings. The third-order valence-corrected chi connectivity index (χ3v) is 3.49. The van der Waals surface area contributed by atoms with Gasteiger partial charge in [-0.25, -0.2) is 5.01 Å². The van der Waals surface area contributed by atoms with E-state index in [0.29, 0.717) is 16.3 Å². The Morgan fingerprint density at radius 2 is 1.86 bits per heavy atom. The fourth-order valence-electron chi connectivity index (χ4n) is 2.13. The topological polar surface area (TPSA) is 44.7 Å². The Labute approximate surface area is 135 Å². The molecule has 2 aromatic carbocycles. The molecular formula is C17H18ClN3O. The number of benzene rings is 2. The maximum Gasteiger partial charge on any atom is 0.273 e. The van der Waals surface area contributed by atoms with Gasteiger partial charge in [0, 0.05) is 35.9 Å². The number of rotatable bonds is 4. The summed E-state index contributed by atoms with van der Waals surface area (Å²) in [6, 6.07) is 14.6. The predicted octanol–water partition coefficient (Wildman–Crippen LogP) is 3.88. The van der Waals surface area contributed by atoms with Crippen molar-refractivity contribution in [2.75, 3.05) is 19.4 Å². The van der Waals surface area contributed by atoms with Gasteiger partial charge in [0.05, 0.1) is 5.71 Å². The molecular weight excluding hydrogens is 298 g/mol. The molecule has 0 heterocycles. The molecule has 1 N–H and O–H groups in total. The molecule has 0 unspecified atom stereocenters. The lowest BCUT2D eigenvalue weighted by Gasteiger charge is -2.15. The van der Waals surface area contributed by atoms with Crippen molar-refractivity contribution in [1.29, 1.82) is 0 Å². The summed E-state index contributed by atoms with van der Waals surface area (Å²) in [5.74, 6) is -0.159. The standard InChI is InChI=1S/C17H18ClN3O/c1-12(15-11-14(18)9-10-16(15)19-2)20-21(3)17(22)13-7-5-4-6-8-13/h4-11,19H,1-3H3/b20-12-. The summed E-state index contributed by atoms with van der Waals surface area (Å²) in [6.45, 7) is 1.85. The fraction of sp³-hybridized carbons (Fsp3) is 0.176. The quantitative estimate of drug-likeness (QED) is 0.687. The van der Waals surface area contributed by atoms with Crippen molar-refractivity contribution >= 4 is 28.9 Å². The second-order valence-electron chi connectivity index (χ2n) is 4.82. The summed E-state index contributed by atoms with van der Waals surface area (Å²) in [5, 5.41) is 9.43. The first kappa shape index (κ1) is 16.0. The molecule has 0 atom stereocenters. The Bertz CT molecular complexity index is 698. The van der Waals surface area contributed by atoms with Gasteiger partial charge in [0.25, 0.3) is 5.91 Å². The highest BCUT2D eigenvalue weighted by molar-refractivity contribution is 6.31. The summed E-state index contributed by atoms with van der Waals surface area (Å²) < 4.78 is 0. The van der Waals surface area contributed by atoms with E-state index in [9.17, 15) is 4.79 Å². The lowest BCUT2D eigenvalue weighted by molar-refractivity contribution is 0.0799. The third-order valence-electron chi connectivity index (χ3n) is 3.26. The number of nitrogens with one attached hydrogen (secondary N) is 1. The van der Waals surface area contributed by atoms with Crippen molar-refractivity contribution in [2.24, 2.45) is 5.10 Å². The first-order valence-electron chi connectivity index (χ1n) is 6.89. The molecule has 0 fully saturated rings. The van der Waals surface area contributed by atoms with Gasteiger partial charge in [-0.05, 0) is 37.3 Å². The van der Waals surface area contributed by atoms with Gasteiger partial charge in [-0.15, -0.1) is 0 Å². The molecule has 0 aliphatic heterocycles. The van der Waals surface area contributed by atoms with E-state index in [4.69, 9.17) is 11.6 Å². The molecule has 22 heavy (non-hydrogen) atoms. The van der Waals surface area contributed by atoms with Gasteiger partial charge in [-0.1, -0.05) is 29.8 Å². The molecule has 0 saturated heterocycles. The van der Waals surface area contributed by atoms with Crippen LogP contribution in [0.5, 0.6) is 0 Å². The van der Waals surface area contributed by atoms with E-state index in [-0.39, 0.29) is 5.91 Å². The van der Waals surface area contributed by atoms with Crippen LogP contribution in [0.2, 0.25) is 5.02 Å². The van der Waals surface area contributed by atoms with Crippen molar-refractivity contribution < 1.29 is 4.79 Å². The van der Waals surface area contributed by atoms with Crippen molar-refractivity contribution in [3.63, 3.8) is 0 Å². The van der Waals surface area contributed by atoms with Crippen molar-refractivity contribution in [1.82, 2.24) is 5.01 Å². The highest BCUT2D eigenvalue weighted by atomic mass is 35.5. The van der Waals surface area contributed by atoms with E-state index < -0.39 is 0 Å². The second kappa shape index (κ2) is 7.09. The molecule has 4 nitrogen and oxygen atoms in total. The molecule has 0 aliphatic carbocycles. The molecule has 2 rings (SSSR count). The van der Waals surface area contributed by atoms with Crippen LogP contribution in [0.3, 0.4) is 0 Å². The average molecular weight is 316 g/mol. The lowest BCUT2D eigenvalue weighted by Crippen LogP contribution is -2.22. The molecule has 1 amide bonds. The minimum absolute atomic E-state index is 0.159. The molecule has 0 aromatic heterocycles. The van der Waals surface area contributed by atoms with Crippen LogP contribution in [0, 0.1) is 0 Å². The SMILES string of the molecule is CNc1ccc(Cl)cc1/C(C)=N\N(C)C(=O)c1ccccc1. The summed E-state index contributed by atoms with van der Waals surface area (Å²) in [5.41, 5.74) is 3.08. The zero-order valence-electron chi connectivity index (χ0n) is 12.8. The van der Waals surface area contributed by atoms with Gasteiger partial charge in [0.2, 0.25) is 0 Å². The minimum atomic E-state index is -0.159. The monoisotopic (exact) mass is 315 g/mol. The van der Waals surface area contributed by atoms with E-state index in [0.717, 1.165) is 11.3 Å². The Hall–Kier alpha value is -2.33. The molecule has 5 heteroatoms. The molecule has 0 spiro atoms. The summed E-state index contributed by atoms with van der Waals surface area (Å²) in [7, 11) is 3.47. The maximum atomic E-state index is 12.3. The maximum absolute atomic E-state index is 12.3. The first-order chi connectivity index (χ1) is 10.5. The van der Waals surface area contributed by atoms with Gasteiger partial charge in [-0.2, -0.15) is 5.10 Å². The van der Waals surface area contributed by atoms with Gasteiger partial charge in [-0.3, -0.25) is 4.79 Å². The van der Waals surface area contributed by atoms with Crippen LogP contribution >= 0.6 is 11.6 Å². The first-order valence-corrected chi connectivity index (χ1v) is 7.26. The van der Waals surface area contributed by atoms with E-state index in [2.05, 4.69) is 10.4 Å². The van der Waals surface area contributed by atoms with E-state index in [1.165, 1.54) is 5.01 Å². The second-order valence-corrected chi connectivity index (χ2v) is 5.26. The molecule has 114 valence electrons. The average Bonchev–Trinajstić information content (AvgIpc) is 2.54. The Morgan fingerprint density at radius 1 is 1.18 bits per heavy atom. The van der Waals surface area contributed by atoms with E-state index in [1.807, 2.05) is 50.4 Å². The normalized spacial score (nSPS) is 11.2. The minimum Gasteiger partial charge on any atom is -0.388 e. The van der Waals surface area contributed by atoms with E-state index >= 15 is 0 Å².